The van der Waals surface area contributed by atoms with Gasteiger partial charge in [-0.2, -0.15) is 0 Å². The van der Waals surface area contributed by atoms with Crippen molar-refractivity contribution < 1.29 is 0 Å². The minimum absolute atomic E-state index is 0.601. The molecule has 3 rings (SSSR count). The van der Waals surface area contributed by atoms with Gasteiger partial charge in [0.05, 0.1) is 6.04 Å². The van der Waals surface area contributed by atoms with Gasteiger partial charge in [-0.05, 0) is 31.0 Å². The number of nitrogens with one attached hydrogen (secondary N) is 1. The second-order valence-electron chi connectivity index (χ2n) is 4.72. The SMILES string of the molecule is CN1CCNC2CCc3ccccc3C21. The van der Waals surface area contributed by atoms with Crippen molar-refractivity contribution in [3.05, 3.63) is 35.4 Å². The lowest BCUT2D eigenvalue weighted by Crippen LogP contribution is -2.52. The maximum absolute atomic E-state index is 3.65. The summed E-state index contributed by atoms with van der Waals surface area (Å²) in [6, 6.07) is 10.2. The zero-order chi connectivity index (χ0) is 10.3. The van der Waals surface area contributed by atoms with Crippen LogP contribution in [0.5, 0.6) is 0 Å². The summed E-state index contributed by atoms with van der Waals surface area (Å²) >= 11 is 0. The van der Waals surface area contributed by atoms with Gasteiger partial charge in [0.15, 0.2) is 0 Å². The van der Waals surface area contributed by atoms with E-state index in [0.717, 1.165) is 13.1 Å². The molecule has 1 N–H and O–H groups in total. The number of hydrogen-bond donors (Lipinski definition) is 1. The fourth-order valence-corrected chi connectivity index (χ4v) is 3.06. The molecule has 1 fully saturated rings. The van der Waals surface area contributed by atoms with E-state index in [1.54, 1.807) is 11.1 Å². The molecule has 2 aliphatic rings. The summed E-state index contributed by atoms with van der Waals surface area (Å²) in [6.07, 6.45) is 2.52. The number of fused-ring (bicyclic) bond motifs is 3. The second-order valence-corrected chi connectivity index (χ2v) is 4.72. The Balaban J connectivity index is 2.02. The van der Waals surface area contributed by atoms with Crippen molar-refractivity contribution in [3.63, 3.8) is 0 Å². The van der Waals surface area contributed by atoms with Gasteiger partial charge in [0.1, 0.15) is 0 Å². The summed E-state index contributed by atoms with van der Waals surface area (Å²) in [5, 5.41) is 3.65. The summed E-state index contributed by atoms with van der Waals surface area (Å²) in [4.78, 5) is 2.50. The minimum atomic E-state index is 0.601. The molecule has 2 heteroatoms. The average molecular weight is 202 g/mol. The van der Waals surface area contributed by atoms with Crippen LogP contribution < -0.4 is 5.32 Å². The summed E-state index contributed by atoms with van der Waals surface area (Å²) in [5.41, 5.74) is 3.10. The van der Waals surface area contributed by atoms with E-state index in [2.05, 4.69) is 41.5 Å². The molecule has 1 saturated heterocycles. The molecule has 0 amide bonds. The van der Waals surface area contributed by atoms with Crippen LogP contribution in [-0.4, -0.2) is 31.1 Å². The van der Waals surface area contributed by atoms with E-state index < -0.39 is 0 Å². The molecule has 1 aliphatic heterocycles. The largest absolute Gasteiger partial charge is 0.311 e. The highest BCUT2D eigenvalue weighted by molar-refractivity contribution is 5.34. The molecule has 1 heterocycles. The lowest BCUT2D eigenvalue weighted by molar-refractivity contribution is 0.137. The zero-order valence-corrected chi connectivity index (χ0v) is 9.24. The third kappa shape index (κ3) is 1.48. The Hall–Kier alpha value is -0.860. The van der Waals surface area contributed by atoms with Gasteiger partial charge in [0, 0.05) is 19.1 Å². The van der Waals surface area contributed by atoms with Gasteiger partial charge >= 0.3 is 0 Å². The number of aryl methyl sites for hydroxylation is 1. The van der Waals surface area contributed by atoms with Crippen molar-refractivity contribution in [3.8, 4) is 0 Å². The maximum atomic E-state index is 3.65. The van der Waals surface area contributed by atoms with Crippen LogP contribution in [0.15, 0.2) is 24.3 Å². The van der Waals surface area contributed by atoms with Crippen LogP contribution in [0.3, 0.4) is 0 Å². The van der Waals surface area contributed by atoms with Gasteiger partial charge in [-0.25, -0.2) is 0 Å². The van der Waals surface area contributed by atoms with E-state index in [1.165, 1.54) is 12.8 Å². The number of likely N-dealkylation sites (N-methyl/N-ethyl adjacent to an activating group) is 1. The van der Waals surface area contributed by atoms with Crippen LogP contribution in [0.2, 0.25) is 0 Å². The standard InChI is InChI=1S/C13H18N2/c1-15-9-8-14-12-7-6-10-4-2-3-5-11(10)13(12)15/h2-5,12-14H,6-9H2,1H3. The van der Waals surface area contributed by atoms with Gasteiger partial charge in [0.2, 0.25) is 0 Å². The molecular formula is C13H18N2. The molecule has 1 aromatic rings. The molecule has 2 unspecified atom stereocenters. The third-order valence-electron chi connectivity index (χ3n) is 3.83. The molecule has 0 saturated carbocycles. The number of hydrogen-bond acceptors (Lipinski definition) is 2. The highest BCUT2D eigenvalue weighted by atomic mass is 15.2. The maximum Gasteiger partial charge on any atom is 0.0501 e. The Labute approximate surface area is 91.3 Å². The molecule has 0 radical (unpaired) electrons. The van der Waals surface area contributed by atoms with Crippen molar-refractivity contribution in [1.29, 1.82) is 0 Å². The molecule has 1 aliphatic carbocycles. The lowest BCUT2D eigenvalue weighted by Gasteiger charge is -2.43. The van der Waals surface area contributed by atoms with Gasteiger partial charge in [-0.15, -0.1) is 0 Å². The summed E-state index contributed by atoms with van der Waals surface area (Å²) in [6.45, 7) is 2.30. The number of rotatable bonds is 0. The average Bonchev–Trinajstić information content (AvgIpc) is 2.29. The van der Waals surface area contributed by atoms with E-state index in [0.29, 0.717) is 12.1 Å². The highest BCUT2D eigenvalue weighted by Crippen LogP contribution is 2.34. The zero-order valence-electron chi connectivity index (χ0n) is 9.24. The predicted octanol–water partition coefficient (Wildman–Crippen LogP) is 1.58. The fraction of sp³-hybridized carbons (Fsp3) is 0.538. The van der Waals surface area contributed by atoms with Crippen molar-refractivity contribution in [1.82, 2.24) is 10.2 Å². The summed E-state index contributed by atoms with van der Waals surface area (Å²) in [5.74, 6) is 0. The van der Waals surface area contributed by atoms with Crippen molar-refractivity contribution in [2.75, 3.05) is 20.1 Å². The first-order chi connectivity index (χ1) is 7.36. The van der Waals surface area contributed by atoms with Crippen LogP contribution in [-0.2, 0) is 6.42 Å². The first kappa shape index (κ1) is 9.37. The van der Waals surface area contributed by atoms with Crippen LogP contribution in [0, 0.1) is 0 Å². The Morgan fingerprint density at radius 2 is 2.20 bits per heavy atom. The number of nitrogens with zero attached hydrogens (tertiary/aromatic N) is 1. The van der Waals surface area contributed by atoms with Crippen LogP contribution in [0.4, 0.5) is 0 Å². The normalized spacial score (nSPS) is 30.7. The first-order valence-electron chi connectivity index (χ1n) is 5.88. The molecule has 15 heavy (non-hydrogen) atoms. The van der Waals surface area contributed by atoms with Crippen molar-refractivity contribution >= 4 is 0 Å². The third-order valence-corrected chi connectivity index (χ3v) is 3.83. The number of piperazine rings is 1. The van der Waals surface area contributed by atoms with Crippen molar-refractivity contribution in [2.24, 2.45) is 0 Å². The Morgan fingerprint density at radius 1 is 1.33 bits per heavy atom. The molecule has 0 aromatic heterocycles. The predicted molar refractivity (Wildman–Crippen MR) is 61.9 cm³/mol. The van der Waals surface area contributed by atoms with Crippen LogP contribution in [0.1, 0.15) is 23.6 Å². The van der Waals surface area contributed by atoms with Gasteiger partial charge in [-0.3, -0.25) is 4.90 Å². The minimum Gasteiger partial charge on any atom is -0.311 e. The summed E-state index contributed by atoms with van der Waals surface area (Å²) in [7, 11) is 2.25. The highest BCUT2D eigenvalue weighted by Gasteiger charge is 2.34. The molecule has 1 aromatic carbocycles. The van der Waals surface area contributed by atoms with Crippen molar-refractivity contribution in [2.45, 2.75) is 24.9 Å². The topological polar surface area (TPSA) is 15.3 Å². The lowest BCUT2D eigenvalue weighted by atomic mass is 9.82. The summed E-state index contributed by atoms with van der Waals surface area (Å²) < 4.78 is 0. The molecular weight excluding hydrogens is 184 g/mol. The van der Waals surface area contributed by atoms with E-state index in [4.69, 9.17) is 0 Å². The van der Waals surface area contributed by atoms with Gasteiger partial charge < -0.3 is 5.32 Å². The molecule has 0 bridgehead atoms. The van der Waals surface area contributed by atoms with Gasteiger partial charge in [-0.1, -0.05) is 24.3 Å². The van der Waals surface area contributed by atoms with Crippen LogP contribution in [0.25, 0.3) is 0 Å². The Bertz CT molecular complexity index is 361. The van der Waals surface area contributed by atoms with Crippen LogP contribution >= 0.6 is 0 Å². The molecule has 80 valence electrons. The van der Waals surface area contributed by atoms with E-state index in [-0.39, 0.29) is 0 Å². The smallest absolute Gasteiger partial charge is 0.0501 e. The van der Waals surface area contributed by atoms with E-state index >= 15 is 0 Å². The number of benzene rings is 1. The first-order valence-corrected chi connectivity index (χ1v) is 5.88. The quantitative estimate of drug-likeness (QED) is 0.687. The molecule has 0 spiro atoms. The fourth-order valence-electron chi connectivity index (χ4n) is 3.06. The van der Waals surface area contributed by atoms with Gasteiger partial charge in [0.25, 0.3) is 0 Å². The molecule has 2 nitrogen and oxygen atoms in total. The molecule has 2 atom stereocenters. The monoisotopic (exact) mass is 202 g/mol. The van der Waals surface area contributed by atoms with E-state index in [1.807, 2.05) is 0 Å². The second kappa shape index (κ2) is 3.62. The Kier molecular flexibility index (Phi) is 2.26. The Morgan fingerprint density at radius 3 is 3.13 bits per heavy atom. The van der Waals surface area contributed by atoms with E-state index in [9.17, 15) is 0 Å².